The molecule has 0 saturated carbocycles. The predicted molar refractivity (Wildman–Crippen MR) is 46.3 cm³/mol. The summed E-state index contributed by atoms with van der Waals surface area (Å²) < 4.78 is 0. The molecule has 1 aromatic carbocycles. The molecular formula is C9H9NO2. The van der Waals surface area contributed by atoms with Gasteiger partial charge in [-0.05, 0) is 12.1 Å². The van der Waals surface area contributed by atoms with E-state index in [0.717, 1.165) is 0 Å². The number of carbonyl (C=O) groups excluding carboxylic acids is 1. The fourth-order valence-electron chi connectivity index (χ4n) is 0.806. The van der Waals surface area contributed by atoms with Crippen molar-refractivity contribution in [2.75, 3.05) is 0 Å². The van der Waals surface area contributed by atoms with Crippen LogP contribution in [0.5, 0.6) is 5.75 Å². The van der Waals surface area contributed by atoms with Crippen molar-refractivity contribution < 1.29 is 9.90 Å². The van der Waals surface area contributed by atoms with Crippen LogP contribution in [0.1, 0.15) is 5.56 Å². The van der Waals surface area contributed by atoms with Crippen LogP contribution in [0.2, 0.25) is 0 Å². The van der Waals surface area contributed by atoms with E-state index in [1.165, 1.54) is 6.20 Å². The first-order valence-corrected chi connectivity index (χ1v) is 3.49. The summed E-state index contributed by atoms with van der Waals surface area (Å²) in [7, 11) is 0. The summed E-state index contributed by atoms with van der Waals surface area (Å²) in [5, 5.41) is 11.6. The second kappa shape index (κ2) is 4.18. The number of amides is 1. The SMILES string of the molecule is O=CNC=Cc1ccccc1O. The van der Waals surface area contributed by atoms with Crippen LogP contribution in [-0.4, -0.2) is 11.5 Å². The van der Waals surface area contributed by atoms with Crippen LogP contribution in [-0.2, 0) is 4.79 Å². The van der Waals surface area contributed by atoms with Gasteiger partial charge in [-0.15, -0.1) is 0 Å². The number of hydrogen-bond donors (Lipinski definition) is 2. The Morgan fingerprint density at radius 2 is 2.08 bits per heavy atom. The lowest BCUT2D eigenvalue weighted by Crippen LogP contribution is -1.97. The first-order chi connectivity index (χ1) is 5.84. The summed E-state index contributed by atoms with van der Waals surface area (Å²) in [6, 6.07) is 6.87. The molecule has 62 valence electrons. The molecule has 3 nitrogen and oxygen atoms in total. The van der Waals surface area contributed by atoms with E-state index in [4.69, 9.17) is 0 Å². The predicted octanol–water partition coefficient (Wildman–Crippen LogP) is 1.11. The zero-order chi connectivity index (χ0) is 8.81. The zero-order valence-corrected chi connectivity index (χ0v) is 6.40. The summed E-state index contributed by atoms with van der Waals surface area (Å²) in [6.45, 7) is 0. The van der Waals surface area contributed by atoms with Gasteiger partial charge in [0, 0.05) is 11.8 Å². The van der Waals surface area contributed by atoms with Gasteiger partial charge in [0.2, 0.25) is 6.41 Å². The molecule has 0 aliphatic carbocycles. The maximum Gasteiger partial charge on any atom is 0.211 e. The second-order valence-electron chi connectivity index (χ2n) is 2.18. The Balaban J connectivity index is 2.74. The number of para-hydroxylation sites is 1. The molecule has 0 spiro atoms. The summed E-state index contributed by atoms with van der Waals surface area (Å²) >= 11 is 0. The maximum atomic E-state index is 9.86. The van der Waals surface area contributed by atoms with E-state index < -0.39 is 0 Å². The Labute approximate surface area is 70.3 Å². The Bertz CT molecular complexity index is 294. The van der Waals surface area contributed by atoms with Crippen LogP contribution in [0.25, 0.3) is 6.08 Å². The van der Waals surface area contributed by atoms with Gasteiger partial charge in [0.1, 0.15) is 5.75 Å². The first kappa shape index (κ1) is 8.33. The van der Waals surface area contributed by atoms with Crippen LogP contribution in [0, 0.1) is 0 Å². The smallest absolute Gasteiger partial charge is 0.211 e. The monoisotopic (exact) mass is 163 g/mol. The molecule has 0 fully saturated rings. The molecule has 0 saturated heterocycles. The molecule has 12 heavy (non-hydrogen) atoms. The largest absolute Gasteiger partial charge is 0.507 e. The zero-order valence-electron chi connectivity index (χ0n) is 6.40. The fraction of sp³-hybridized carbons (Fsp3) is 0. The van der Waals surface area contributed by atoms with Gasteiger partial charge < -0.3 is 10.4 Å². The van der Waals surface area contributed by atoms with Crippen LogP contribution in [0.4, 0.5) is 0 Å². The number of phenols is 1. The normalized spacial score (nSPS) is 10.0. The van der Waals surface area contributed by atoms with Gasteiger partial charge in [-0.2, -0.15) is 0 Å². The van der Waals surface area contributed by atoms with E-state index >= 15 is 0 Å². The Morgan fingerprint density at radius 3 is 2.75 bits per heavy atom. The average Bonchev–Trinajstić information content (AvgIpc) is 2.09. The van der Waals surface area contributed by atoms with E-state index in [1.807, 2.05) is 0 Å². The first-order valence-electron chi connectivity index (χ1n) is 3.49. The van der Waals surface area contributed by atoms with E-state index in [-0.39, 0.29) is 5.75 Å². The number of benzene rings is 1. The fourth-order valence-corrected chi connectivity index (χ4v) is 0.806. The van der Waals surface area contributed by atoms with Crippen molar-refractivity contribution in [2.24, 2.45) is 0 Å². The Kier molecular flexibility index (Phi) is 2.90. The Hall–Kier alpha value is -1.77. The quantitative estimate of drug-likeness (QED) is 0.656. The highest BCUT2D eigenvalue weighted by molar-refractivity contribution is 5.59. The third-order valence-corrected chi connectivity index (χ3v) is 1.36. The van der Waals surface area contributed by atoms with E-state index in [1.54, 1.807) is 30.3 Å². The van der Waals surface area contributed by atoms with Gasteiger partial charge >= 0.3 is 0 Å². The van der Waals surface area contributed by atoms with Crippen molar-refractivity contribution in [1.29, 1.82) is 0 Å². The number of nitrogens with one attached hydrogen (secondary N) is 1. The van der Waals surface area contributed by atoms with Gasteiger partial charge in [0.05, 0.1) is 0 Å². The van der Waals surface area contributed by atoms with Gasteiger partial charge in [0.15, 0.2) is 0 Å². The van der Waals surface area contributed by atoms with Gasteiger partial charge in [-0.1, -0.05) is 18.2 Å². The molecule has 0 atom stereocenters. The lowest BCUT2D eigenvalue weighted by molar-refractivity contribution is -0.108. The third-order valence-electron chi connectivity index (χ3n) is 1.36. The van der Waals surface area contributed by atoms with Crippen LogP contribution in [0.3, 0.4) is 0 Å². The molecule has 3 heteroatoms. The minimum Gasteiger partial charge on any atom is -0.507 e. The number of aromatic hydroxyl groups is 1. The number of carbonyl (C=O) groups is 1. The molecule has 0 aliphatic heterocycles. The molecule has 2 N–H and O–H groups in total. The summed E-state index contributed by atoms with van der Waals surface area (Å²) in [4.78, 5) is 9.86. The lowest BCUT2D eigenvalue weighted by atomic mass is 10.2. The molecule has 0 aromatic heterocycles. The molecule has 1 aromatic rings. The number of phenolic OH excluding ortho intramolecular Hbond substituents is 1. The number of rotatable bonds is 3. The van der Waals surface area contributed by atoms with Crippen LogP contribution in [0.15, 0.2) is 30.5 Å². The molecule has 0 heterocycles. The summed E-state index contributed by atoms with van der Waals surface area (Å²) in [6.07, 6.45) is 3.64. The number of hydrogen-bond acceptors (Lipinski definition) is 2. The van der Waals surface area contributed by atoms with Gasteiger partial charge in [-0.25, -0.2) is 0 Å². The minimum atomic E-state index is 0.196. The van der Waals surface area contributed by atoms with Crippen molar-refractivity contribution in [3.05, 3.63) is 36.0 Å². The van der Waals surface area contributed by atoms with Crippen molar-refractivity contribution in [1.82, 2.24) is 5.32 Å². The van der Waals surface area contributed by atoms with Crippen molar-refractivity contribution in [2.45, 2.75) is 0 Å². The molecule has 0 aliphatic rings. The molecule has 0 unspecified atom stereocenters. The van der Waals surface area contributed by atoms with Gasteiger partial charge in [0.25, 0.3) is 0 Å². The average molecular weight is 163 g/mol. The highest BCUT2D eigenvalue weighted by atomic mass is 16.3. The van der Waals surface area contributed by atoms with Crippen molar-refractivity contribution in [3.63, 3.8) is 0 Å². The van der Waals surface area contributed by atoms with E-state index in [9.17, 15) is 9.90 Å². The Morgan fingerprint density at radius 1 is 1.33 bits per heavy atom. The molecule has 1 amide bonds. The van der Waals surface area contributed by atoms with E-state index in [0.29, 0.717) is 12.0 Å². The van der Waals surface area contributed by atoms with Crippen LogP contribution >= 0.6 is 0 Å². The minimum absolute atomic E-state index is 0.196. The highest BCUT2D eigenvalue weighted by Crippen LogP contribution is 2.16. The van der Waals surface area contributed by atoms with E-state index in [2.05, 4.69) is 5.32 Å². The molecule has 0 bridgehead atoms. The maximum absolute atomic E-state index is 9.86. The standard InChI is InChI=1S/C9H9NO2/c11-7-10-6-5-8-3-1-2-4-9(8)12/h1-7,12H,(H,10,11). The summed E-state index contributed by atoms with van der Waals surface area (Å²) in [5.41, 5.74) is 0.673. The topological polar surface area (TPSA) is 49.3 Å². The van der Waals surface area contributed by atoms with Crippen molar-refractivity contribution in [3.8, 4) is 5.75 Å². The highest BCUT2D eigenvalue weighted by Gasteiger charge is 1.91. The molecule has 0 radical (unpaired) electrons. The molecule has 1 rings (SSSR count). The van der Waals surface area contributed by atoms with Gasteiger partial charge in [-0.3, -0.25) is 4.79 Å². The summed E-state index contributed by atoms with van der Waals surface area (Å²) in [5.74, 6) is 0.196. The molecular weight excluding hydrogens is 154 g/mol. The van der Waals surface area contributed by atoms with Crippen molar-refractivity contribution >= 4 is 12.5 Å². The van der Waals surface area contributed by atoms with Crippen LogP contribution < -0.4 is 5.32 Å². The second-order valence-corrected chi connectivity index (χ2v) is 2.18. The third kappa shape index (κ3) is 2.12. The lowest BCUT2D eigenvalue weighted by Gasteiger charge is -1.95.